The van der Waals surface area contributed by atoms with E-state index in [1.807, 2.05) is 0 Å². The SMILES string of the molecule is Cc1cc([N+](=O)[O-])c(C)cc1OCCCCC(=O)NN. The van der Waals surface area contributed by atoms with Crippen LogP contribution in [0.2, 0.25) is 0 Å². The van der Waals surface area contributed by atoms with Crippen molar-refractivity contribution in [1.82, 2.24) is 5.43 Å². The van der Waals surface area contributed by atoms with E-state index in [1.165, 1.54) is 6.07 Å². The molecule has 1 aromatic rings. The number of hydrogen-bond donors (Lipinski definition) is 2. The Morgan fingerprint density at radius 2 is 2.05 bits per heavy atom. The molecule has 3 N–H and O–H groups in total. The van der Waals surface area contributed by atoms with Gasteiger partial charge in [0.2, 0.25) is 5.91 Å². The van der Waals surface area contributed by atoms with Crippen LogP contribution < -0.4 is 16.0 Å². The summed E-state index contributed by atoms with van der Waals surface area (Å²) in [6.07, 6.45) is 1.75. The number of nitrogens with one attached hydrogen (secondary N) is 1. The zero-order valence-corrected chi connectivity index (χ0v) is 11.6. The third kappa shape index (κ3) is 4.51. The number of carbonyl (C=O) groups excluding carboxylic acids is 1. The summed E-state index contributed by atoms with van der Waals surface area (Å²) in [4.78, 5) is 21.3. The second-order valence-corrected chi connectivity index (χ2v) is 4.53. The van der Waals surface area contributed by atoms with Crippen LogP contribution in [0.5, 0.6) is 5.75 Å². The molecule has 20 heavy (non-hydrogen) atoms. The molecule has 7 nitrogen and oxygen atoms in total. The third-order valence-electron chi connectivity index (χ3n) is 2.91. The van der Waals surface area contributed by atoms with Gasteiger partial charge < -0.3 is 4.74 Å². The molecule has 0 aromatic heterocycles. The quantitative estimate of drug-likeness (QED) is 0.260. The monoisotopic (exact) mass is 281 g/mol. The lowest BCUT2D eigenvalue weighted by atomic mass is 10.1. The summed E-state index contributed by atoms with van der Waals surface area (Å²) in [5, 5.41) is 10.8. The van der Waals surface area contributed by atoms with E-state index < -0.39 is 4.92 Å². The van der Waals surface area contributed by atoms with Gasteiger partial charge in [-0.1, -0.05) is 0 Å². The third-order valence-corrected chi connectivity index (χ3v) is 2.91. The van der Waals surface area contributed by atoms with E-state index in [1.54, 1.807) is 19.9 Å². The molecule has 0 unspecified atom stereocenters. The number of hydrogen-bond acceptors (Lipinski definition) is 5. The van der Waals surface area contributed by atoms with Crippen molar-refractivity contribution in [2.45, 2.75) is 33.1 Å². The van der Waals surface area contributed by atoms with Crippen molar-refractivity contribution < 1.29 is 14.5 Å². The van der Waals surface area contributed by atoms with E-state index in [2.05, 4.69) is 5.43 Å². The number of nitro groups is 1. The maximum absolute atomic E-state index is 10.9. The normalized spacial score (nSPS) is 10.2. The number of nitrogens with two attached hydrogens (primary N) is 1. The molecule has 0 spiro atoms. The first-order valence-corrected chi connectivity index (χ1v) is 6.33. The number of amides is 1. The molecule has 7 heteroatoms. The molecule has 0 saturated carbocycles. The van der Waals surface area contributed by atoms with Crippen LogP contribution in [-0.2, 0) is 4.79 Å². The van der Waals surface area contributed by atoms with Crippen LogP contribution >= 0.6 is 0 Å². The Bertz CT molecular complexity index is 503. The molecule has 0 saturated heterocycles. The second-order valence-electron chi connectivity index (χ2n) is 4.53. The number of rotatable bonds is 7. The van der Waals surface area contributed by atoms with Crippen LogP contribution in [-0.4, -0.2) is 17.4 Å². The van der Waals surface area contributed by atoms with Gasteiger partial charge >= 0.3 is 0 Å². The van der Waals surface area contributed by atoms with Gasteiger partial charge in [-0.3, -0.25) is 20.3 Å². The fourth-order valence-electron chi connectivity index (χ4n) is 1.77. The lowest BCUT2D eigenvalue weighted by Crippen LogP contribution is -2.29. The van der Waals surface area contributed by atoms with Crippen molar-refractivity contribution in [1.29, 1.82) is 0 Å². The minimum atomic E-state index is -0.405. The topological polar surface area (TPSA) is 107 Å². The largest absolute Gasteiger partial charge is 0.493 e. The fourth-order valence-corrected chi connectivity index (χ4v) is 1.77. The highest BCUT2D eigenvalue weighted by molar-refractivity contribution is 5.75. The van der Waals surface area contributed by atoms with Crippen molar-refractivity contribution in [2.24, 2.45) is 5.84 Å². The van der Waals surface area contributed by atoms with Crippen LogP contribution in [0.1, 0.15) is 30.4 Å². The zero-order valence-electron chi connectivity index (χ0n) is 11.6. The molecule has 0 radical (unpaired) electrons. The summed E-state index contributed by atoms with van der Waals surface area (Å²) >= 11 is 0. The Balaban J connectivity index is 2.51. The number of carbonyl (C=O) groups is 1. The van der Waals surface area contributed by atoms with Crippen molar-refractivity contribution in [3.63, 3.8) is 0 Å². The summed E-state index contributed by atoms with van der Waals surface area (Å²) in [6.45, 7) is 3.90. The summed E-state index contributed by atoms with van der Waals surface area (Å²) in [6, 6.07) is 3.17. The molecule has 0 fully saturated rings. The Kier molecular flexibility index (Phi) is 5.92. The van der Waals surface area contributed by atoms with Crippen molar-refractivity contribution in [3.05, 3.63) is 33.4 Å². The van der Waals surface area contributed by atoms with E-state index in [4.69, 9.17) is 10.6 Å². The van der Waals surface area contributed by atoms with Crippen LogP contribution in [0.3, 0.4) is 0 Å². The minimum absolute atomic E-state index is 0.0921. The van der Waals surface area contributed by atoms with E-state index in [9.17, 15) is 14.9 Å². The molecule has 0 bridgehead atoms. The van der Waals surface area contributed by atoms with E-state index in [0.29, 0.717) is 37.2 Å². The van der Waals surface area contributed by atoms with Gasteiger partial charge in [0, 0.05) is 18.1 Å². The molecule has 0 aliphatic rings. The predicted octanol–water partition coefficient (Wildman–Crippen LogP) is 1.75. The molecule has 1 amide bonds. The van der Waals surface area contributed by atoms with Crippen LogP contribution in [0.4, 0.5) is 5.69 Å². The van der Waals surface area contributed by atoms with Gasteiger partial charge in [-0.15, -0.1) is 0 Å². The Morgan fingerprint density at radius 3 is 2.65 bits per heavy atom. The molecular formula is C13H19N3O4. The van der Waals surface area contributed by atoms with Crippen LogP contribution in [0, 0.1) is 24.0 Å². The van der Waals surface area contributed by atoms with Gasteiger partial charge in [0.15, 0.2) is 0 Å². The van der Waals surface area contributed by atoms with Crippen molar-refractivity contribution >= 4 is 11.6 Å². The molecular weight excluding hydrogens is 262 g/mol. The lowest BCUT2D eigenvalue weighted by molar-refractivity contribution is -0.385. The number of nitrogens with zero attached hydrogens (tertiary/aromatic N) is 1. The van der Waals surface area contributed by atoms with Crippen LogP contribution in [0.25, 0.3) is 0 Å². The summed E-state index contributed by atoms with van der Waals surface area (Å²) in [7, 11) is 0. The zero-order chi connectivity index (χ0) is 15.1. The number of unbranched alkanes of at least 4 members (excludes halogenated alkanes) is 1. The van der Waals surface area contributed by atoms with Gasteiger partial charge in [-0.2, -0.15) is 0 Å². The maximum atomic E-state index is 10.9. The first-order valence-electron chi connectivity index (χ1n) is 6.33. The number of nitro benzene ring substituents is 1. The van der Waals surface area contributed by atoms with Gasteiger partial charge in [0.1, 0.15) is 5.75 Å². The summed E-state index contributed by atoms with van der Waals surface area (Å²) in [5.74, 6) is 5.40. The van der Waals surface area contributed by atoms with Gasteiger partial charge in [-0.25, -0.2) is 5.84 Å². The fraction of sp³-hybridized carbons (Fsp3) is 0.462. The highest BCUT2D eigenvalue weighted by Gasteiger charge is 2.13. The molecule has 0 heterocycles. The lowest BCUT2D eigenvalue weighted by Gasteiger charge is -2.10. The van der Waals surface area contributed by atoms with Gasteiger partial charge in [0.25, 0.3) is 5.69 Å². The Hall–Kier alpha value is -2.15. The van der Waals surface area contributed by atoms with E-state index in [-0.39, 0.29) is 11.6 Å². The molecule has 0 atom stereocenters. The minimum Gasteiger partial charge on any atom is -0.493 e. The first-order chi connectivity index (χ1) is 9.45. The Morgan fingerprint density at radius 1 is 1.35 bits per heavy atom. The van der Waals surface area contributed by atoms with Crippen LogP contribution in [0.15, 0.2) is 12.1 Å². The van der Waals surface area contributed by atoms with E-state index >= 15 is 0 Å². The van der Waals surface area contributed by atoms with E-state index in [0.717, 1.165) is 5.56 Å². The molecule has 0 aliphatic carbocycles. The predicted molar refractivity (Wildman–Crippen MR) is 74.2 cm³/mol. The summed E-state index contributed by atoms with van der Waals surface area (Å²) < 4.78 is 5.58. The molecule has 1 aromatic carbocycles. The number of benzene rings is 1. The van der Waals surface area contributed by atoms with Crippen molar-refractivity contribution in [3.8, 4) is 5.75 Å². The maximum Gasteiger partial charge on any atom is 0.272 e. The average molecular weight is 281 g/mol. The van der Waals surface area contributed by atoms with Crippen molar-refractivity contribution in [2.75, 3.05) is 6.61 Å². The number of ether oxygens (including phenoxy) is 1. The smallest absolute Gasteiger partial charge is 0.272 e. The standard InChI is InChI=1S/C13H19N3O4/c1-9-8-12(10(2)7-11(9)16(18)19)20-6-4-3-5-13(17)15-14/h7-8H,3-6,14H2,1-2H3,(H,15,17). The highest BCUT2D eigenvalue weighted by Crippen LogP contribution is 2.27. The second kappa shape index (κ2) is 7.44. The first kappa shape index (κ1) is 15.9. The Labute approximate surface area is 117 Å². The molecule has 0 aliphatic heterocycles. The van der Waals surface area contributed by atoms with Gasteiger partial charge in [-0.05, 0) is 38.3 Å². The molecule has 1 rings (SSSR count). The number of hydrazine groups is 1. The van der Waals surface area contributed by atoms with Gasteiger partial charge in [0.05, 0.1) is 11.5 Å². The highest BCUT2D eigenvalue weighted by atomic mass is 16.6. The number of aryl methyl sites for hydroxylation is 2. The molecule has 110 valence electrons. The summed E-state index contributed by atoms with van der Waals surface area (Å²) in [5.41, 5.74) is 3.45. The average Bonchev–Trinajstić information content (AvgIpc) is 2.40.